The molecule has 2 heteroatoms. The van der Waals surface area contributed by atoms with Crippen molar-refractivity contribution in [2.45, 2.75) is 0 Å². The molecule has 1 aromatic rings. The molecule has 0 fully saturated rings. The molecule has 0 N–H and O–H groups in total. The van der Waals surface area contributed by atoms with E-state index in [9.17, 15) is 0 Å². The molecule has 0 aliphatic carbocycles. The summed E-state index contributed by atoms with van der Waals surface area (Å²) in [6.45, 7) is 0. The summed E-state index contributed by atoms with van der Waals surface area (Å²) < 4.78 is 2.96. The summed E-state index contributed by atoms with van der Waals surface area (Å²) in [4.78, 5) is 0. The molecule has 0 nitrogen and oxygen atoms in total. The quantitative estimate of drug-likeness (QED) is 0.542. The molecule has 0 amide bonds. The van der Waals surface area contributed by atoms with Crippen molar-refractivity contribution in [2.75, 3.05) is 0 Å². The largest absolute Gasteiger partial charge is 0.114 e. The van der Waals surface area contributed by atoms with Crippen molar-refractivity contribution in [2.24, 2.45) is 0 Å². The van der Waals surface area contributed by atoms with Gasteiger partial charge in [-0.1, -0.05) is 34.1 Å². The van der Waals surface area contributed by atoms with Gasteiger partial charge >= 0.3 is 0 Å². The van der Waals surface area contributed by atoms with Gasteiger partial charge in [-0.25, -0.2) is 0 Å². The third kappa shape index (κ3) is 2.81. The van der Waals surface area contributed by atoms with Crippen molar-refractivity contribution >= 4 is 44.6 Å². The maximum Gasteiger partial charge on any atom is 0.0253 e. The maximum atomic E-state index is 3.44. The van der Waals surface area contributed by atoms with Gasteiger partial charge in [0.25, 0.3) is 0 Å². The van der Waals surface area contributed by atoms with Crippen LogP contribution in [0.25, 0.3) is 6.08 Å². The summed E-state index contributed by atoms with van der Waals surface area (Å²) in [5, 5.41) is 0. The highest BCUT2D eigenvalue weighted by Gasteiger charge is 1.90. The second kappa shape index (κ2) is 4.75. The standard InChI is InChI=1S/C9H6BrI/c10-9-6-2-1-4-8(9)5-3-7-11/h1-2,4-7H. The molecule has 0 aliphatic heterocycles. The van der Waals surface area contributed by atoms with Crippen LogP contribution in [0.5, 0.6) is 0 Å². The lowest BCUT2D eigenvalue weighted by Crippen LogP contribution is -1.70. The molecule has 0 saturated carbocycles. The van der Waals surface area contributed by atoms with Crippen molar-refractivity contribution in [3.05, 3.63) is 44.1 Å². The minimum atomic E-state index is 1.10. The number of hydrogen-bond donors (Lipinski definition) is 0. The molecule has 0 unspecified atom stereocenters. The van der Waals surface area contributed by atoms with Crippen LogP contribution in [0.4, 0.5) is 0 Å². The summed E-state index contributed by atoms with van der Waals surface area (Å²) in [5.41, 5.74) is 4.17. The fraction of sp³-hybridized carbons (Fsp3) is 0. The third-order valence-corrected chi connectivity index (χ3v) is 2.29. The predicted molar refractivity (Wildman–Crippen MR) is 60.7 cm³/mol. The van der Waals surface area contributed by atoms with Crippen molar-refractivity contribution in [3.8, 4) is 0 Å². The van der Waals surface area contributed by atoms with E-state index in [4.69, 9.17) is 0 Å². The minimum absolute atomic E-state index is 1.10. The Kier molecular flexibility index (Phi) is 3.91. The molecule has 0 heterocycles. The fourth-order valence-corrected chi connectivity index (χ4v) is 1.29. The van der Waals surface area contributed by atoms with Crippen molar-refractivity contribution in [3.63, 3.8) is 0 Å². The molecular formula is C9H6BrI. The normalized spacial score (nSPS) is 8.55. The van der Waals surface area contributed by atoms with Crippen LogP contribution in [-0.4, -0.2) is 0 Å². The second-order valence-electron chi connectivity index (χ2n) is 1.94. The van der Waals surface area contributed by atoms with Gasteiger partial charge in [0.15, 0.2) is 0 Å². The van der Waals surface area contributed by atoms with E-state index in [1.165, 1.54) is 0 Å². The molecule has 0 bridgehead atoms. The highest BCUT2D eigenvalue weighted by atomic mass is 127. The van der Waals surface area contributed by atoms with Crippen LogP contribution in [0.15, 0.2) is 38.6 Å². The van der Waals surface area contributed by atoms with Crippen LogP contribution in [0.2, 0.25) is 0 Å². The lowest BCUT2D eigenvalue weighted by molar-refractivity contribution is 1.60. The van der Waals surface area contributed by atoms with E-state index in [0.717, 1.165) is 10.0 Å². The molecule has 11 heavy (non-hydrogen) atoms. The molecule has 0 aliphatic rings. The van der Waals surface area contributed by atoms with Crippen LogP contribution >= 0.6 is 38.5 Å². The van der Waals surface area contributed by atoms with Crippen molar-refractivity contribution in [1.29, 1.82) is 0 Å². The topological polar surface area (TPSA) is 0 Å². The Balaban J connectivity index is 3.04. The molecule has 56 valence electrons. The van der Waals surface area contributed by atoms with Crippen LogP contribution < -0.4 is 0 Å². The molecule has 0 aromatic heterocycles. The van der Waals surface area contributed by atoms with Crippen molar-refractivity contribution < 1.29 is 0 Å². The van der Waals surface area contributed by atoms with E-state index in [1.807, 2.05) is 34.4 Å². The Bertz CT molecular complexity index is 298. The van der Waals surface area contributed by atoms with E-state index < -0.39 is 0 Å². The van der Waals surface area contributed by atoms with Crippen molar-refractivity contribution in [1.82, 2.24) is 0 Å². The van der Waals surface area contributed by atoms with E-state index in [2.05, 4.69) is 44.3 Å². The first kappa shape index (κ1) is 9.04. The van der Waals surface area contributed by atoms with Gasteiger partial charge in [0.1, 0.15) is 0 Å². The Morgan fingerprint density at radius 2 is 2.09 bits per heavy atom. The molecule has 0 spiro atoms. The first-order chi connectivity index (χ1) is 5.34. The average molecular weight is 321 g/mol. The van der Waals surface area contributed by atoms with E-state index in [-0.39, 0.29) is 0 Å². The van der Waals surface area contributed by atoms with E-state index >= 15 is 0 Å². The highest BCUT2D eigenvalue weighted by molar-refractivity contribution is 14.1. The highest BCUT2D eigenvalue weighted by Crippen LogP contribution is 2.16. The zero-order valence-corrected chi connectivity index (χ0v) is 9.46. The Hall–Kier alpha value is -0.0500. The first-order valence-electron chi connectivity index (χ1n) is 3.10. The molecule has 1 rings (SSSR count). The van der Waals surface area contributed by atoms with Crippen LogP contribution in [0.1, 0.15) is 5.56 Å². The SMILES string of the molecule is Brc1ccccc1C=C=CI. The minimum Gasteiger partial charge on any atom is -0.114 e. The molecule has 0 radical (unpaired) electrons. The van der Waals surface area contributed by atoms with Gasteiger partial charge < -0.3 is 0 Å². The molecular weight excluding hydrogens is 315 g/mol. The van der Waals surface area contributed by atoms with Gasteiger partial charge in [-0.3, -0.25) is 0 Å². The summed E-state index contributed by atoms with van der Waals surface area (Å²) in [6, 6.07) is 8.05. The van der Waals surface area contributed by atoms with Gasteiger partial charge in [0, 0.05) is 8.56 Å². The smallest absolute Gasteiger partial charge is 0.0253 e. The Morgan fingerprint density at radius 3 is 2.73 bits per heavy atom. The zero-order valence-electron chi connectivity index (χ0n) is 5.72. The first-order valence-corrected chi connectivity index (χ1v) is 5.14. The molecule has 0 saturated heterocycles. The van der Waals surface area contributed by atoms with Gasteiger partial charge in [-0.2, -0.15) is 0 Å². The monoisotopic (exact) mass is 320 g/mol. The third-order valence-electron chi connectivity index (χ3n) is 1.21. The number of rotatable bonds is 1. The maximum absolute atomic E-state index is 3.44. The van der Waals surface area contributed by atoms with Gasteiger partial charge in [0.05, 0.1) is 0 Å². The summed E-state index contributed by atoms with van der Waals surface area (Å²) >= 11 is 5.58. The van der Waals surface area contributed by atoms with Crippen LogP contribution in [-0.2, 0) is 0 Å². The summed E-state index contributed by atoms with van der Waals surface area (Å²) in [7, 11) is 0. The molecule has 1 aromatic carbocycles. The number of hydrogen-bond acceptors (Lipinski definition) is 0. The van der Waals surface area contributed by atoms with E-state index in [0.29, 0.717) is 0 Å². The van der Waals surface area contributed by atoms with E-state index in [1.54, 1.807) is 0 Å². The lowest BCUT2D eigenvalue weighted by atomic mass is 10.2. The van der Waals surface area contributed by atoms with Crippen LogP contribution in [0.3, 0.4) is 0 Å². The average Bonchev–Trinajstić information content (AvgIpc) is 2.03. The number of benzene rings is 1. The predicted octanol–water partition coefficient (Wildman–Crippen LogP) is 4.01. The lowest BCUT2D eigenvalue weighted by Gasteiger charge is -1.93. The Labute approximate surface area is 88.3 Å². The van der Waals surface area contributed by atoms with Gasteiger partial charge in [-0.15, -0.1) is 5.73 Å². The summed E-state index contributed by atoms with van der Waals surface area (Å²) in [5.74, 6) is 0. The van der Waals surface area contributed by atoms with Gasteiger partial charge in [-0.05, 0) is 40.3 Å². The second-order valence-corrected chi connectivity index (χ2v) is 3.42. The fourth-order valence-electron chi connectivity index (χ4n) is 0.713. The van der Waals surface area contributed by atoms with Crippen LogP contribution in [0, 0.1) is 0 Å². The number of halogens is 2. The summed E-state index contributed by atoms with van der Waals surface area (Å²) in [6.07, 6.45) is 1.94. The van der Waals surface area contributed by atoms with Gasteiger partial charge in [0.2, 0.25) is 0 Å². The molecule has 0 atom stereocenters. The zero-order chi connectivity index (χ0) is 8.10. The Morgan fingerprint density at radius 1 is 1.36 bits per heavy atom.